The molecule has 4 heteroatoms. The van der Waals surface area contributed by atoms with Gasteiger partial charge in [-0.15, -0.1) is 0 Å². The van der Waals surface area contributed by atoms with Gasteiger partial charge in [-0.05, 0) is 43.3 Å². The Hall–Kier alpha value is -1.87. The lowest BCUT2D eigenvalue weighted by Crippen LogP contribution is -2.26. The van der Waals surface area contributed by atoms with E-state index in [1.807, 2.05) is 11.8 Å². The van der Waals surface area contributed by atoms with Crippen LogP contribution in [0, 0.1) is 5.82 Å². The van der Waals surface area contributed by atoms with Crippen molar-refractivity contribution < 1.29 is 9.18 Å². The summed E-state index contributed by atoms with van der Waals surface area (Å²) in [5.41, 5.74) is 1.16. The van der Waals surface area contributed by atoms with Crippen LogP contribution in [0.2, 0.25) is 5.02 Å². The Morgan fingerprint density at radius 3 is 2.43 bits per heavy atom. The first-order chi connectivity index (χ1) is 10.1. The zero-order chi connectivity index (χ0) is 15.2. The fourth-order valence-corrected chi connectivity index (χ4v) is 2.30. The highest BCUT2D eigenvalue weighted by molar-refractivity contribution is 6.30. The quantitative estimate of drug-likeness (QED) is 0.728. The van der Waals surface area contributed by atoms with Crippen LogP contribution in [0.5, 0.6) is 0 Å². The van der Waals surface area contributed by atoms with Crippen LogP contribution in [0.25, 0.3) is 0 Å². The van der Waals surface area contributed by atoms with Crippen molar-refractivity contribution in [2.75, 3.05) is 18.0 Å². The Kier molecular flexibility index (Phi) is 5.34. The predicted molar refractivity (Wildman–Crippen MR) is 84.7 cm³/mol. The first-order valence-corrected chi connectivity index (χ1v) is 7.28. The van der Waals surface area contributed by atoms with Crippen LogP contribution in [0.3, 0.4) is 0 Å². The number of carbonyl (C=O) groups excluding carboxylic acids is 1. The minimum atomic E-state index is -0.265. The van der Waals surface area contributed by atoms with Gasteiger partial charge in [0, 0.05) is 30.1 Å². The van der Waals surface area contributed by atoms with E-state index in [-0.39, 0.29) is 11.6 Å². The number of rotatable bonds is 6. The standard InChI is InChI=1S/C17H17ClFNO/c1-2-20(16-6-4-3-5-15(16)19)12-11-17(21)13-7-9-14(18)10-8-13/h3-10H,2,11-12H2,1H3. The maximum Gasteiger partial charge on any atom is 0.164 e. The lowest BCUT2D eigenvalue weighted by atomic mass is 10.1. The number of hydrogen-bond donors (Lipinski definition) is 0. The SMILES string of the molecule is CCN(CCC(=O)c1ccc(Cl)cc1)c1ccccc1F. The molecule has 0 unspecified atom stereocenters. The van der Waals surface area contributed by atoms with Crippen molar-refractivity contribution in [2.24, 2.45) is 0 Å². The molecule has 0 saturated carbocycles. The van der Waals surface area contributed by atoms with Crippen LogP contribution >= 0.6 is 11.6 Å². The van der Waals surface area contributed by atoms with Crippen LogP contribution in [0.4, 0.5) is 10.1 Å². The van der Waals surface area contributed by atoms with Crippen LogP contribution in [-0.2, 0) is 0 Å². The molecule has 110 valence electrons. The van der Waals surface area contributed by atoms with Gasteiger partial charge in [0.15, 0.2) is 5.78 Å². The van der Waals surface area contributed by atoms with Gasteiger partial charge in [-0.25, -0.2) is 4.39 Å². The molecule has 0 heterocycles. The Morgan fingerprint density at radius 1 is 1.14 bits per heavy atom. The summed E-state index contributed by atoms with van der Waals surface area (Å²) in [6.45, 7) is 3.08. The molecule has 2 aromatic carbocycles. The van der Waals surface area contributed by atoms with E-state index in [1.54, 1.807) is 42.5 Å². The average Bonchev–Trinajstić information content (AvgIpc) is 2.50. The number of Topliss-reactive ketones (excluding diaryl/α,β-unsaturated/α-hetero) is 1. The van der Waals surface area contributed by atoms with Crippen LogP contribution in [-0.4, -0.2) is 18.9 Å². The number of carbonyl (C=O) groups is 1. The van der Waals surface area contributed by atoms with Crippen molar-refractivity contribution in [1.82, 2.24) is 0 Å². The lowest BCUT2D eigenvalue weighted by molar-refractivity contribution is 0.0984. The van der Waals surface area contributed by atoms with E-state index in [0.29, 0.717) is 35.8 Å². The molecule has 0 aliphatic rings. The van der Waals surface area contributed by atoms with Crippen molar-refractivity contribution in [3.05, 3.63) is 64.9 Å². The predicted octanol–water partition coefficient (Wildman–Crippen LogP) is 4.58. The van der Waals surface area contributed by atoms with E-state index in [2.05, 4.69) is 0 Å². The number of nitrogens with zero attached hydrogens (tertiary/aromatic N) is 1. The third-order valence-corrected chi connectivity index (χ3v) is 3.60. The van der Waals surface area contributed by atoms with Gasteiger partial charge < -0.3 is 4.90 Å². The second-order valence-corrected chi connectivity index (χ2v) is 5.15. The molecule has 0 aromatic heterocycles. The molecule has 0 spiro atoms. The molecule has 0 fully saturated rings. The molecule has 2 rings (SSSR count). The van der Waals surface area contributed by atoms with Crippen LogP contribution < -0.4 is 4.90 Å². The van der Waals surface area contributed by atoms with Gasteiger partial charge in [-0.2, -0.15) is 0 Å². The second-order valence-electron chi connectivity index (χ2n) is 4.71. The molecule has 0 atom stereocenters. The zero-order valence-corrected chi connectivity index (χ0v) is 12.6. The molecular formula is C17H17ClFNO. The highest BCUT2D eigenvalue weighted by Crippen LogP contribution is 2.19. The number of ketones is 1. The minimum absolute atomic E-state index is 0.0291. The Bertz CT molecular complexity index is 612. The summed E-state index contributed by atoms with van der Waals surface area (Å²) < 4.78 is 13.8. The molecule has 0 radical (unpaired) electrons. The summed E-state index contributed by atoms with van der Waals surface area (Å²) in [7, 11) is 0. The third-order valence-electron chi connectivity index (χ3n) is 3.35. The van der Waals surface area contributed by atoms with Crippen molar-refractivity contribution in [3.8, 4) is 0 Å². The van der Waals surface area contributed by atoms with Crippen molar-refractivity contribution in [1.29, 1.82) is 0 Å². The van der Waals surface area contributed by atoms with E-state index in [4.69, 9.17) is 11.6 Å². The first kappa shape index (κ1) is 15.5. The summed E-state index contributed by atoms with van der Waals surface area (Å²) in [6.07, 6.45) is 0.337. The molecule has 2 aromatic rings. The van der Waals surface area contributed by atoms with Crippen molar-refractivity contribution >= 4 is 23.1 Å². The van der Waals surface area contributed by atoms with Gasteiger partial charge in [-0.1, -0.05) is 23.7 Å². The number of halogens is 2. The summed E-state index contributed by atoms with van der Waals surface area (Å²) >= 11 is 5.80. The molecule has 0 amide bonds. The average molecular weight is 306 g/mol. The highest BCUT2D eigenvalue weighted by Gasteiger charge is 2.12. The fraction of sp³-hybridized carbons (Fsp3) is 0.235. The maximum atomic E-state index is 13.8. The number of anilines is 1. The van der Waals surface area contributed by atoms with E-state index in [9.17, 15) is 9.18 Å². The largest absolute Gasteiger partial charge is 0.369 e. The van der Waals surface area contributed by atoms with Gasteiger partial charge >= 0.3 is 0 Å². The Balaban J connectivity index is 2.02. The smallest absolute Gasteiger partial charge is 0.164 e. The number of para-hydroxylation sites is 1. The maximum absolute atomic E-state index is 13.8. The zero-order valence-electron chi connectivity index (χ0n) is 11.9. The normalized spacial score (nSPS) is 10.4. The van der Waals surface area contributed by atoms with E-state index < -0.39 is 0 Å². The molecular weight excluding hydrogens is 289 g/mol. The number of hydrogen-bond acceptors (Lipinski definition) is 2. The Morgan fingerprint density at radius 2 is 1.81 bits per heavy atom. The molecule has 2 nitrogen and oxygen atoms in total. The monoisotopic (exact) mass is 305 g/mol. The fourth-order valence-electron chi connectivity index (χ4n) is 2.17. The van der Waals surface area contributed by atoms with Gasteiger partial charge in [-0.3, -0.25) is 4.79 Å². The third kappa shape index (κ3) is 4.05. The summed E-state index contributed by atoms with van der Waals surface area (Å²) in [4.78, 5) is 14.0. The van der Waals surface area contributed by atoms with Gasteiger partial charge in [0.2, 0.25) is 0 Å². The molecule has 21 heavy (non-hydrogen) atoms. The molecule has 0 aliphatic carbocycles. The number of benzene rings is 2. The summed E-state index contributed by atoms with van der Waals surface area (Å²) in [6, 6.07) is 13.4. The minimum Gasteiger partial charge on any atom is -0.369 e. The first-order valence-electron chi connectivity index (χ1n) is 6.90. The van der Waals surface area contributed by atoms with Gasteiger partial charge in [0.25, 0.3) is 0 Å². The van der Waals surface area contributed by atoms with E-state index in [1.165, 1.54) is 6.07 Å². The van der Waals surface area contributed by atoms with Gasteiger partial charge in [0.05, 0.1) is 5.69 Å². The molecule has 0 aliphatic heterocycles. The van der Waals surface area contributed by atoms with E-state index in [0.717, 1.165) is 0 Å². The highest BCUT2D eigenvalue weighted by atomic mass is 35.5. The van der Waals surface area contributed by atoms with Crippen molar-refractivity contribution in [2.45, 2.75) is 13.3 Å². The molecule has 0 saturated heterocycles. The van der Waals surface area contributed by atoms with Crippen LogP contribution in [0.15, 0.2) is 48.5 Å². The summed E-state index contributed by atoms with van der Waals surface area (Å²) in [5, 5.41) is 0.605. The molecule has 0 N–H and O–H groups in total. The van der Waals surface area contributed by atoms with Crippen molar-refractivity contribution in [3.63, 3.8) is 0 Å². The van der Waals surface area contributed by atoms with Gasteiger partial charge in [0.1, 0.15) is 5.82 Å². The van der Waals surface area contributed by atoms with E-state index >= 15 is 0 Å². The molecule has 0 bridgehead atoms. The Labute approximate surface area is 129 Å². The lowest BCUT2D eigenvalue weighted by Gasteiger charge is -2.23. The summed E-state index contributed by atoms with van der Waals surface area (Å²) in [5.74, 6) is -0.236. The van der Waals surface area contributed by atoms with Crippen LogP contribution in [0.1, 0.15) is 23.7 Å². The topological polar surface area (TPSA) is 20.3 Å². The second kappa shape index (κ2) is 7.23.